The van der Waals surface area contributed by atoms with Gasteiger partial charge in [0.1, 0.15) is 0 Å². The van der Waals surface area contributed by atoms with Crippen LogP contribution in [0, 0.1) is 0 Å². The molecule has 7 heteroatoms. The zero-order valence-corrected chi connectivity index (χ0v) is 16.1. The first-order valence-electron chi connectivity index (χ1n) is 7.37. The molecule has 25 heavy (non-hydrogen) atoms. The van der Waals surface area contributed by atoms with Crippen LogP contribution in [-0.2, 0) is 12.3 Å². The SMILES string of the molecule is C=CCn1c(SCc2ccc(Cl)c(Cl)c2)nc2ccc(Cl)cc2c1=O. The summed E-state index contributed by atoms with van der Waals surface area (Å²) in [6.07, 6.45) is 1.67. The number of fused-ring (bicyclic) bond motifs is 1. The Hall–Kier alpha value is -1.46. The van der Waals surface area contributed by atoms with Gasteiger partial charge in [-0.05, 0) is 35.9 Å². The van der Waals surface area contributed by atoms with Gasteiger partial charge in [0, 0.05) is 17.3 Å². The highest BCUT2D eigenvalue weighted by Crippen LogP contribution is 2.27. The summed E-state index contributed by atoms with van der Waals surface area (Å²) in [4.78, 5) is 17.4. The molecule has 1 aromatic heterocycles. The molecule has 1 heterocycles. The zero-order chi connectivity index (χ0) is 18.0. The number of benzene rings is 2. The lowest BCUT2D eigenvalue weighted by Crippen LogP contribution is -2.22. The third kappa shape index (κ3) is 4.04. The molecule has 0 radical (unpaired) electrons. The van der Waals surface area contributed by atoms with E-state index in [0.717, 1.165) is 5.56 Å². The molecule has 0 amide bonds. The van der Waals surface area contributed by atoms with Crippen LogP contribution in [-0.4, -0.2) is 9.55 Å². The molecule has 0 atom stereocenters. The smallest absolute Gasteiger partial charge is 0.262 e. The van der Waals surface area contributed by atoms with Gasteiger partial charge in [0.2, 0.25) is 0 Å². The Morgan fingerprint density at radius 2 is 1.92 bits per heavy atom. The summed E-state index contributed by atoms with van der Waals surface area (Å²) in [5.74, 6) is 0.611. The molecule has 3 nitrogen and oxygen atoms in total. The molecule has 0 spiro atoms. The van der Waals surface area contributed by atoms with E-state index in [4.69, 9.17) is 34.8 Å². The molecule has 0 aliphatic rings. The molecule has 0 N–H and O–H groups in total. The Morgan fingerprint density at radius 1 is 1.12 bits per heavy atom. The minimum atomic E-state index is -0.135. The molecule has 128 valence electrons. The molecule has 0 aliphatic heterocycles. The van der Waals surface area contributed by atoms with Crippen LogP contribution in [0.2, 0.25) is 15.1 Å². The van der Waals surface area contributed by atoms with Crippen LogP contribution >= 0.6 is 46.6 Å². The number of halogens is 3. The summed E-state index contributed by atoms with van der Waals surface area (Å²) in [5.41, 5.74) is 1.48. The summed E-state index contributed by atoms with van der Waals surface area (Å²) < 4.78 is 1.59. The van der Waals surface area contributed by atoms with E-state index < -0.39 is 0 Å². The molecule has 0 saturated carbocycles. The van der Waals surface area contributed by atoms with Crippen molar-refractivity contribution in [3.05, 3.63) is 80.0 Å². The summed E-state index contributed by atoms with van der Waals surface area (Å²) in [6.45, 7) is 4.09. The average Bonchev–Trinajstić information content (AvgIpc) is 2.59. The largest absolute Gasteiger partial charge is 0.283 e. The third-order valence-electron chi connectivity index (χ3n) is 3.54. The molecule has 3 rings (SSSR count). The predicted octanol–water partition coefficient (Wildman–Crippen LogP) is 5.84. The minimum absolute atomic E-state index is 0.135. The van der Waals surface area contributed by atoms with Crippen LogP contribution in [0.3, 0.4) is 0 Å². The highest BCUT2D eigenvalue weighted by atomic mass is 35.5. The Labute approximate surface area is 164 Å². The van der Waals surface area contributed by atoms with E-state index in [0.29, 0.717) is 43.4 Å². The van der Waals surface area contributed by atoms with Crippen molar-refractivity contribution in [3.63, 3.8) is 0 Å². The van der Waals surface area contributed by atoms with Gasteiger partial charge in [-0.25, -0.2) is 4.98 Å². The normalized spacial score (nSPS) is 11.0. The van der Waals surface area contributed by atoms with Crippen LogP contribution in [0.4, 0.5) is 0 Å². The molecular formula is C18H13Cl3N2OS. The Balaban J connectivity index is 2.00. The third-order valence-corrected chi connectivity index (χ3v) is 5.57. The van der Waals surface area contributed by atoms with E-state index in [1.807, 2.05) is 12.1 Å². The van der Waals surface area contributed by atoms with Gasteiger partial charge in [0.05, 0.1) is 20.9 Å². The number of thioether (sulfide) groups is 1. The molecule has 0 fully saturated rings. The van der Waals surface area contributed by atoms with Crippen molar-refractivity contribution < 1.29 is 0 Å². The fraction of sp³-hybridized carbons (Fsp3) is 0.111. The van der Waals surface area contributed by atoms with Crippen LogP contribution in [0.15, 0.2) is 59.0 Å². The van der Waals surface area contributed by atoms with Gasteiger partial charge in [0.15, 0.2) is 5.16 Å². The van der Waals surface area contributed by atoms with Crippen LogP contribution < -0.4 is 5.56 Å². The number of rotatable bonds is 5. The fourth-order valence-electron chi connectivity index (χ4n) is 2.35. The lowest BCUT2D eigenvalue weighted by atomic mass is 10.2. The molecule has 2 aromatic carbocycles. The predicted molar refractivity (Wildman–Crippen MR) is 107 cm³/mol. The van der Waals surface area contributed by atoms with Gasteiger partial charge >= 0.3 is 0 Å². The molecular weight excluding hydrogens is 399 g/mol. The van der Waals surface area contributed by atoms with E-state index in [1.165, 1.54) is 11.8 Å². The van der Waals surface area contributed by atoms with Crippen molar-refractivity contribution >= 4 is 57.5 Å². The first-order chi connectivity index (χ1) is 12.0. The second-order valence-corrected chi connectivity index (χ2v) is 7.49. The quantitative estimate of drug-likeness (QED) is 0.301. The lowest BCUT2D eigenvalue weighted by molar-refractivity contribution is 0.671. The molecule has 3 aromatic rings. The molecule has 0 unspecified atom stereocenters. The zero-order valence-electron chi connectivity index (χ0n) is 13.0. The Bertz CT molecular complexity index is 1020. The van der Waals surface area contributed by atoms with Crippen molar-refractivity contribution in [3.8, 4) is 0 Å². The van der Waals surface area contributed by atoms with Gasteiger partial charge in [-0.1, -0.05) is 58.7 Å². The van der Waals surface area contributed by atoms with E-state index >= 15 is 0 Å². The number of hydrogen-bond acceptors (Lipinski definition) is 3. The first kappa shape index (κ1) is 18.3. The van der Waals surface area contributed by atoms with E-state index in [-0.39, 0.29) is 5.56 Å². The lowest BCUT2D eigenvalue weighted by Gasteiger charge is -2.12. The Kier molecular flexibility index (Phi) is 5.74. The van der Waals surface area contributed by atoms with Gasteiger partial charge in [-0.2, -0.15) is 0 Å². The number of allylic oxidation sites excluding steroid dienone is 1. The van der Waals surface area contributed by atoms with Crippen molar-refractivity contribution in [2.75, 3.05) is 0 Å². The standard InChI is InChI=1S/C18H13Cl3N2OS/c1-2-7-23-17(24)13-9-12(19)4-6-16(13)22-18(23)25-10-11-3-5-14(20)15(21)8-11/h2-6,8-9H,1,7,10H2. The van der Waals surface area contributed by atoms with Crippen molar-refractivity contribution in [1.82, 2.24) is 9.55 Å². The van der Waals surface area contributed by atoms with Crippen molar-refractivity contribution in [2.45, 2.75) is 17.5 Å². The summed E-state index contributed by atoms with van der Waals surface area (Å²) in [5, 5.41) is 2.64. The fourth-order valence-corrected chi connectivity index (χ4v) is 3.79. The molecule has 0 bridgehead atoms. The maximum atomic E-state index is 12.8. The van der Waals surface area contributed by atoms with Crippen LogP contribution in [0.25, 0.3) is 10.9 Å². The summed E-state index contributed by atoms with van der Waals surface area (Å²) in [7, 11) is 0. The summed E-state index contributed by atoms with van der Waals surface area (Å²) in [6, 6.07) is 10.6. The van der Waals surface area contributed by atoms with E-state index in [1.54, 1.807) is 34.9 Å². The van der Waals surface area contributed by atoms with Crippen LogP contribution in [0.1, 0.15) is 5.56 Å². The summed E-state index contributed by atoms with van der Waals surface area (Å²) >= 11 is 19.5. The van der Waals surface area contributed by atoms with Gasteiger partial charge in [-0.15, -0.1) is 6.58 Å². The highest BCUT2D eigenvalue weighted by Gasteiger charge is 2.12. The minimum Gasteiger partial charge on any atom is -0.283 e. The van der Waals surface area contributed by atoms with E-state index in [9.17, 15) is 4.79 Å². The van der Waals surface area contributed by atoms with E-state index in [2.05, 4.69) is 11.6 Å². The van der Waals surface area contributed by atoms with Gasteiger partial charge in [0.25, 0.3) is 5.56 Å². The average molecular weight is 412 g/mol. The molecule has 0 aliphatic carbocycles. The first-order valence-corrected chi connectivity index (χ1v) is 9.49. The number of hydrogen-bond donors (Lipinski definition) is 0. The second kappa shape index (κ2) is 7.83. The second-order valence-electron chi connectivity index (χ2n) is 5.30. The monoisotopic (exact) mass is 410 g/mol. The Morgan fingerprint density at radius 3 is 2.64 bits per heavy atom. The number of nitrogens with zero attached hydrogens (tertiary/aromatic N) is 2. The van der Waals surface area contributed by atoms with Crippen molar-refractivity contribution in [2.24, 2.45) is 0 Å². The molecule has 0 saturated heterocycles. The maximum absolute atomic E-state index is 12.8. The van der Waals surface area contributed by atoms with Crippen LogP contribution in [0.5, 0.6) is 0 Å². The maximum Gasteiger partial charge on any atom is 0.262 e. The van der Waals surface area contributed by atoms with Gasteiger partial charge < -0.3 is 0 Å². The van der Waals surface area contributed by atoms with Crippen molar-refractivity contribution in [1.29, 1.82) is 0 Å². The topological polar surface area (TPSA) is 34.9 Å². The van der Waals surface area contributed by atoms with Gasteiger partial charge in [-0.3, -0.25) is 9.36 Å². The highest BCUT2D eigenvalue weighted by molar-refractivity contribution is 7.98. The number of aromatic nitrogens is 2.